The fourth-order valence-electron chi connectivity index (χ4n) is 3.23. The van der Waals surface area contributed by atoms with Crippen molar-refractivity contribution in [2.75, 3.05) is 6.54 Å². The minimum absolute atomic E-state index is 0.190. The van der Waals surface area contributed by atoms with Crippen LogP contribution in [0.2, 0.25) is 0 Å². The van der Waals surface area contributed by atoms with E-state index < -0.39 is 0 Å². The lowest BCUT2D eigenvalue weighted by Crippen LogP contribution is -2.28. The van der Waals surface area contributed by atoms with Gasteiger partial charge < -0.3 is 9.88 Å². The molecule has 0 aliphatic carbocycles. The van der Waals surface area contributed by atoms with Crippen LogP contribution in [-0.4, -0.2) is 37.2 Å². The second-order valence-corrected chi connectivity index (χ2v) is 6.90. The molecule has 1 amide bonds. The number of para-hydroxylation sites is 2. The molecule has 0 saturated heterocycles. The molecule has 0 atom stereocenters. The van der Waals surface area contributed by atoms with Gasteiger partial charge in [-0.25, -0.2) is 4.98 Å². The summed E-state index contributed by atoms with van der Waals surface area (Å²) in [5.41, 5.74) is 3.85. The molecule has 142 valence electrons. The molecular formula is C21H22N6O. The summed E-state index contributed by atoms with van der Waals surface area (Å²) in [4.78, 5) is 21.5. The Morgan fingerprint density at radius 1 is 1.14 bits per heavy atom. The minimum Gasteiger partial charge on any atom is -0.349 e. The van der Waals surface area contributed by atoms with E-state index in [1.165, 1.54) is 0 Å². The maximum absolute atomic E-state index is 12.5. The van der Waals surface area contributed by atoms with E-state index in [-0.39, 0.29) is 5.91 Å². The van der Waals surface area contributed by atoms with Crippen molar-refractivity contribution in [1.82, 2.24) is 30.0 Å². The number of hydrogen-bond donors (Lipinski definition) is 2. The Labute approximate surface area is 162 Å². The lowest BCUT2D eigenvalue weighted by atomic mass is 10.2. The lowest BCUT2D eigenvalue weighted by Gasteiger charge is -2.12. The van der Waals surface area contributed by atoms with Gasteiger partial charge in [0.05, 0.1) is 16.7 Å². The summed E-state index contributed by atoms with van der Waals surface area (Å²) in [7, 11) is 0. The topological polar surface area (TPSA) is 88.5 Å². The van der Waals surface area contributed by atoms with E-state index in [4.69, 9.17) is 4.98 Å². The van der Waals surface area contributed by atoms with Gasteiger partial charge >= 0.3 is 0 Å². The summed E-state index contributed by atoms with van der Waals surface area (Å²) in [6.07, 6.45) is 1.70. The quantitative estimate of drug-likeness (QED) is 0.541. The maximum atomic E-state index is 12.5. The van der Waals surface area contributed by atoms with Crippen molar-refractivity contribution in [3.8, 4) is 11.4 Å². The second-order valence-electron chi connectivity index (χ2n) is 6.90. The molecule has 4 aromatic rings. The largest absolute Gasteiger partial charge is 0.349 e. The van der Waals surface area contributed by atoms with E-state index >= 15 is 0 Å². The van der Waals surface area contributed by atoms with Crippen molar-refractivity contribution >= 4 is 16.9 Å². The van der Waals surface area contributed by atoms with Crippen LogP contribution >= 0.6 is 0 Å². The van der Waals surface area contributed by atoms with Crippen LogP contribution in [0.5, 0.6) is 0 Å². The Morgan fingerprint density at radius 3 is 2.75 bits per heavy atom. The van der Waals surface area contributed by atoms with E-state index in [2.05, 4.69) is 45.0 Å². The SMILES string of the molecule is CC(C)c1nc2ccccc2n1CCNC(=O)c1cc(-c2ccccn2)n[nH]1. The van der Waals surface area contributed by atoms with Crippen LogP contribution in [0.3, 0.4) is 0 Å². The number of benzene rings is 1. The first-order valence-electron chi connectivity index (χ1n) is 9.33. The maximum Gasteiger partial charge on any atom is 0.269 e. The molecule has 7 heteroatoms. The number of aromatic nitrogens is 5. The third-order valence-electron chi connectivity index (χ3n) is 4.57. The molecule has 0 aliphatic heterocycles. The molecule has 2 N–H and O–H groups in total. The first-order valence-corrected chi connectivity index (χ1v) is 9.33. The Balaban J connectivity index is 1.45. The summed E-state index contributed by atoms with van der Waals surface area (Å²) in [5, 5.41) is 9.92. The number of rotatable bonds is 6. The zero-order chi connectivity index (χ0) is 19.5. The van der Waals surface area contributed by atoms with E-state index in [1.807, 2.05) is 36.4 Å². The van der Waals surface area contributed by atoms with Crippen molar-refractivity contribution in [2.24, 2.45) is 0 Å². The number of aromatic amines is 1. The molecule has 1 aromatic carbocycles. The average Bonchev–Trinajstić information content (AvgIpc) is 3.34. The highest BCUT2D eigenvalue weighted by Crippen LogP contribution is 2.21. The molecule has 0 unspecified atom stereocenters. The highest BCUT2D eigenvalue weighted by molar-refractivity contribution is 5.93. The molecule has 0 bridgehead atoms. The molecule has 4 rings (SSSR count). The third kappa shape index (κ3) is 3.51. The molecule has 0 radical (unpaired) electrons. The fraction of sp³-hybridized carbons (Fsp3) is 0.238. The monoisotopic (exact) mass is 374 g/mol. The number of fused-ring (bicyclic) bond motifs is 1. The van der Waals surface area contributed by atoms with E-state index in [1.54, 1.807) is 12.3 Å². The molecule has 7 nitrogen and oxygen atoms in total. The summed E-state index contributed by atoms with van der Waals surface area (Å²) in [6, 6.07) is 15.4. The molecule has 0 spiro atoms. The molecule has 3 aromatic heterocycles. The molecule has 0 aliphatic rings. The summed E-state index contributed by atoms with van der Waals surface area (Å²) in [6.45, 7) is 5.40. The first kappa shape index (κ1) is 17.9. The van der Waals surface area contributed by atoms with Crippen LogP contribution in [-0.2, 0) is 6.54 Å². The van der Waals surface area contributed by atoms with Gasteiger partial charge in [0.15, 0.2) is 0 Å². The summed E-state index contributed by atoms with van der Waals surface area (Å²) < 4.78 is 2.17. The van der Waals surface area contributed by atoms with Gasteiger partial charge in [-0.15, -0.1) is 0 Å². The molecule has 0 fully saturated rings. The van der Waals surface area contributed by atoms with Crippen molar-refractivity contribution in [3.05, 3.63) is 66.2 Å². The van der Waals surface area contributed by atoms with Gasteiger partial charge in [0.1, 0.15) is 17.2 Å². The summed E-state index contributed by atoms with van der Waals surface area (Å²) >= 11 is 0. The minimum atomic E-state index is -0.190. The standard InChI is InChI=1S/C21H22N6O/c1-14(2)20-24-16-8-3-4-9-19(16)27(20)12-11-23-21(28)18-13-17(25-26-18)15-7-5-6-10-22-15/h3-10,13-14H,11-12H2,1-2H3,(H,23,28)(H,25,26). The Kier molecular flexibility index (Phi) is 4.89. The zero-order valence-corrected chi connectivity index (χ0v) is 15.9. The van der Waals surface area contributed by atoms with E-state index in [0.717, 1.165) is 22.6 Å². The van der Waals surface area contributed by atoms with Crippen LogP contribution < -0.4 is 5.32 Å². The van der Waals surface area contributed by atoms with Crippen LogP contribution in [0.15, 0.2) is 54.7 Å². The number of imidazole rings is 1. The average molecular weight is 374 g/mol. The van der Waals surface area contributed by atoms with Gasteiger partial charge in [-0.3, -0.25) is 14.9 Å². The van der Waals surface area contributed by atoms with E-state index in [0.29, 0.717) is 30.4 Å². The Hall–Kier alpha value is -3.48. The number of pyridine rings is 1. The van der Waals surface area contributed by atoms with Gasteiger partial charge in [-0.2, -0.15) is 5.10 Å². The van der Waals surface area contributed by atoms with Gasteiger partial charge in [0, 0.05) is 25.2 Å². The zero-order valence-electron chi connectivity index (χ0n) is 15.9. The number of H-pyrrole nitrogens is 1. The Bertz CT molecular complexity index is 1100. The normalized spacial score (nSPS) is 11.2. The number of carbonyl (C=O) groups is 1. The second kappa shape index (κ2) is 7.64. The molecule has 3 heterocycles. The number of nitrogens with zero attached hydrogens (tertiary/aromatic N) is 4. The number of carbonyl (C=O) groups excluding carboxylic acids is 1. The first-order chi connectivity index (χ1) is 13.6. The molecular weight excluding hydrogens is 352 g/mol. The van der Waals surface area contributed by atoms with Gasteiger partial charge in [-0.1, -0.05) is 32.0 Å². The van der Waals surface area contributed by atoms with Crippen molar-refractivity contribution in [3.63, 3.8) is 0 Å². The number of nitrogens with one attached hydrogen (secondary N) is 2. The van der Waals surface area contributed by atoms with Gasteiger partial charge in [0.2, 0.25) is 0 Å². The Morgan fingerprint density at radius 2 is 1.96 bits per heavy atom. The van der Waals surface area contributed by atoms with Crippen LogP contribution in [0.25, 0.3) is 22.4 Å². The van der Waals surface area contributed by atoms with Gasteiger partial charge in [0.25, 0.3) is 5.91 Å². The highest BCUT2D eigenvalue weighted by Gasteiger charge is 2.15. The van der Waals surface area contributed by atoms with Crippen LogP contribution in [0.4, 0.5) is 0 Å². The lowest BCUT2D eigenvalue weighted by molar-refractivity contribution is 0.0947. The van der Waals surface area contributed by atoms with Crippen molar-refractivity contribution in [1.29, 1.82) is 0 Å². The smallest absolute Gasteiger partial charge is 0.269 e. The molecule has 28 heavy (non-hydrogen) atoms. The highest BCUT2D eigenvalue weighted by atomic mass is 16.1. The van der Waals surface area contributed by atoms with Crippen molar-refractivity contribution < 1.29 is 4.79 Å². The van der Waals surface area contributed by atoms with Crippen LogP contribution in [0.1, 0.15) is 36.1 Å². The van der Waals surface area contributed by atoms with Crippen molar-refractivity contribution in [2.45, 2.75) is 26.3 Å². The predicted octanol–water partition coefficient (Wildman–Crippen LogP) is 3.37. The summed E-state index contributed by atoms with van der Waals surface area (Å²) in [5.74, 6) is 1.14. The number of hydrogen-bond acceptors (Lipinski definition) is 4. The molecule has 0 saturated carbocycles. The van der Waals surface area contributed by atoms with Gasteiger partial charge in [-0.05, 0) is 30.3 Å². The van der Waals surface area contributed by atoms with Crippen LogP contribution in [0, 0.1) is 0 Å². The fourth-order valence-corrected chi connectivity index (χ4v) is 3.23. The van der Waals surface area contributed by atoms with E-state index in [9.17, 15) is 4.79 Å². The predicted molar refractivity (Wildman–Crippen MR) is 108 cm³/mol. The third-order valence-corrected chi connectivity index (χ3v) is 4.57. The number of amides is 1.